The minimum Gasteiger partial charge on any atom is -0.378 e. The van der Waals surface area contributed by atoms with Gasteiger partial charge in [0.1, 0.15) is 0 Å². The van der Waals surface area contributed by atoms with E-state index >= 15 is 0 Å². The van der Waals surface area contributed by atoms with Gasteiger partial charge < -0.3 is 10.1 Å². The molecule has 1 rings (SSSR count). The van der Waals surface area contributed by atoms with Crippen molar-refractivity contribution in [1.82, 2.24) is 5.32 Å². The Balaban J connectivity index is 2.08. The molecule has 3 atom stereocenters. The van der Waals surface area contributed by atoms with Crippen molar-refractivity contribution in [3.63, 3.8) is 0 Å². The second-order valence-electron chi connectivity index (χ2n) is 4.50. The summed E-state index contributed by atoms with van der Waals surface area (Å²) >= 11 is 2.01. The summed E-state index contributed by atoms with van der Waals surface area (Å²) in [5.74, 6) is 2.43. The summed E-state index contributed by atoms with van der Waals surface area (Å²) in [4.78, 5) is 0. The molecule has 1 fully saturated rings. The van der Waals surface area contributed by atoms with Crippen LogP contribution in [-0.4, -0.2) is 36.3 Å². The van der Waals surface area contributed by atoms with Crippen molar-refractivity contribution in [1.29, 1.82) is 0 Å². The zero-order valence-corrected chi connectivity index (χ0v) is 11.1. The monoisotopic (exact) mass is 231 g/mol. The highest BCUT2D eigenvalue weighted by atomic mass is 32.2. The average molecular weight is 231 g/mol. The smallest absolute Gasteiger partial charge is 0.0590 e. The van der Waals surface area contributed by atoms with Gasteiger partial charge >= 0.3 is 0 Å². The molecular weight excluding hydrogens is 206 g/mol. The normalized spacial score (nSPS) is 25.4. The highest BCUT2D eigenvalue weighted by Gasteiger charge is 2.18. The third-order valence-corrected chi connectivity index (χ3v) is 3.93. The fourth-order valence-electron chi connectivity index (χ4n) is 2.12. The minimum absolute atomic E-state index is 0.513. The number of ether oxygens (including phenoxy) is 1. The van der Waals surface area contributed by atoms with Crippen molar-refractivity contribution in [3.8, 4) is 0 Å². The zero-order chi connectivity index (χ0) is 11.1. The van der Waals surface area contributed by atoms with Crippen molar-refractivity contribution >= 4 is 11.8 Å². The van der Waals surface area contributed by atoms with E-state index in [9.17, 15) is 0 Å². The number of hydrogen-bond acceptors (Lipinski definition) is 3. The Kier molecular flexibility index (Phi) is 6.69. The quantitative estimate of drug-likeness (QED) is 0.728. The molecule has 15 heavy (non-hydrogen) atoms. The molecule has 0 aromatic carbocycles. The van der Waals surface area contributed by atoms with Crippen LogP contribution in [0.1, 0.15) is 40.0 Å². The number of rotatable bonds is 7. The van der Waals surface area contributed by atoms with Gasteiger partial charge in [0.2, 0.25) is 0 Å². The van der Waals surface area contributed by atoms with Crippen LogP contribution in [-0.2, 0) is 4.74 Å². The van der Waals surface area contributed by atoms with Crippen LogP contribution in [0.2, 0.25) is 0 Å². The molecule has 0 amide bonds. The predicted octanol–water partition coefficient (Wildman–Crippen LogP) is 2.68. The molecule has 90 valence electrons. The first-order valence-electron chi connectivity index (χ1n) is 6.17. The first-order chi connectivity index (χ1) is 7.22. The molecule has 0 aromatic heterocycles. The Hall–Kier alpha value is 0.270. The highest BCUT2D eigenvalue weighted by Crippen LogP contribution is 2.17. The van der Waals surface area contributed by atoms with E-state index in [4.69, 9.17) is 4.74 Å². The van der Waals surface area contributed by atoms with Crippen molar-refractivity contribution in [2.75, 3.05) is 18.1 Å². The molecule has 0 spiro atoms. The summed E-state index contributed by atoms with van der Waals surface area (Å²) in [5.41, 5.74) is 0. The molecule has 1 heterocycles. The summed E-state index contributed by atoms with van der Waals surface area (Å²) < 4.78 is 5.64. The lowest BCUT2D eigenvalue weighted by Crippen LogP contribution is -2.38. The summed E-state index contributed by atoms with van der Waals surface area (Å²) in [5, 5.41) is 3.64. The fourth-order valence-corrected chi connectivity index (χ4v) is 2.81. The van der Waals surface area contributed by atoms with Gasteiger partial charge in [-0.05, 0) is 38.9 Å². The van der Waals surface area contributed by atoms with Crippen LogP contribution in [0.4, 0.5) is 0 Å². The van der Waals surface area contributed by atoms with E-state index in [1.165, 1.54) is 30.8 Å². The summed E-state index contributed by atoms with van der Waals surface area (Å²) in [6.07, 6.45) is 4.18. The average Bonchev–Trinajstić information content (AvgIpc) is 2.67. The molecule has 1 saturated heterocycles. The topological polar surface area (TPSA) is 21.3 Å². The van der Waals surface area contributed by atoms with Gasteiger partial charge in [-0.25, -0.2) is 0 Å². The number of nitrogens with one attached hydrogen (secondary N) is 1. The van der Waals surface area contributed by atoms with Crippen molar-refractivity contribution in [3.05, 3.63) is 0 Å². The number of hydrogen-bond donors (Lipinski definition) is 1. The first-order valence-corrected chi connectivity index (χ1v) is 7.33. The van der Waals surface area contributed by atoms with Gasteiger partial charge in [0.25, 0.3) is 0 Å². The number of thioether (sulfide) groups is 1. The van der Waals surface area contributed by atoms with E-state index in [-0.39, 0.29) is 0 Å². The van der Waals surface area contributed by atoms with Crippen LogP contribution in [0.3, 0.4) is 0 Å². The van der Waals surface area contributed by atoms with Gasteiger partial charge in [-0.15, -0.1) is 0 Å². The third-order valence-electron chi connectivity index (χ3n) is 2.78. The second kappa shape index (κ2) is 7.53. The lowest BCUT2D eigenvalue weighted by molar-refractivity contribution is 0.0955. The molecule has 0 bridgehead atoms. The molecule has 0 radical (unpaired) electrons. The summed E-state index contributed by atoms with van der Waals surface area (Å²) in [6, 6.07) is 1.20. The van der Waals surface area contributed by atoms with Crippen molar-refractivity contribution in [2.24, 2.45) is 0 Å². The molecule has 1 N–H and O–H groups in total. The SMILES string of the molecule is CCSCC(C)NC(C)CC1CCCO1. The minimum atomic E-state index is 0.513. The van der Waals surface area contributed by atoms with Crippen LogP contribution in [0.25, 0.3) is 0 Å². The Bertz CT molecular complexity index is 160. The zero-order valence-electron chi connectivity index (χ0n) is 10.3. The molecule has 2 nitrogen and oxygen atoms in total. The maximum Gasteiger partial charge on any atom is 0.0590 e. The molecular formula is C12H25NOS. The molecule has 3 heteroatoms. The van der Waals surface area contributed by atoms with Gasteiger partial charge in [0, 0.05) is 24.4 Å². The van der Waals surface area contributed by atoms with Crippen LogP contribution in [0, 0.1) is 0 Å². The molecule has 1 aliphatic heterocycles. The highest BCUT2D eigenvalue weighted by molar-refractivity contribution is 7.99. The van der Waals surface area contributed by atoms with E-state index in [2.05, 4.69) is 26.1 Å². The van der Waals surface area contributed by atoms with Gasteiger partial charge in [-0.1, -0.05) is 6.92 Å². The van der Waals surface area contributed by atoms with Crippen LogP contribution >= 0.6 is 11.8 Å². The van der Waals surface area contributed by atoms with Gasteiger partial charge in [0.15, 0.2) is 0 Å². The maximum absolute atomic E-state index is 5.64. The van der Waals surface area contributed by atoms with E-state index in [0.29, 0.717) is 18.2 Å². The lowest BCUT2D eigenvalue weighted by Gasteiger charge is -2.22. The molecule has 3 unspecified atom stereocenters. The van der Waals surface area contributed by atoms with Crippen molar-refractivity contribution < 1.29 is 4.74 Å². The fraction of sp³-hybridized carbons (Fsp3) is 1.00. The Morgan fingerprint density at radius 1 is 1.40 bits per heavy atom. The summed E-state index contributed by atoms with van der Waals surface area (Å²) in [6.45, 7) is 7.73. The van der Waals surface area contributed by atoms with Gasteiger partial charge in [0.05, 0.1) is 6.10 Å². The first kappa shape index (κ1) is 13.3. The Morgan fingerprint density at radius 3 is 2.80 bits per heavy atom. The standard InChI is InChI=1S/C12H25NOS/c1-4-15-9-11(3)13-10(2)8-12-6-5-7-14-12/h10-13H,4-9H2,1-3H3. The van der Waals surface area contributed by atoms with Crippen LogP contribution in [0.5, 0.6) is 0 Å². The Labute approximate surface area is 98.5 Å². The molecule has 0 saturated carbocycles. The van der Waals surface area contributed by atoms with Crippen LogP contribution < -0.4 is 5.32 Å². The second-order valence-corrected chi connectivity index (χ2v) is 5.82. The van der Waals surface area contributed by atoms with Gasteiger partial charge in [-0.2, -0.15) is 11.8 Å². The Morgan fingerprint density at radius 2 is 2.20 bits per heavy atom. The molecule has 1 aliphatic rings. The lowest BCUT2D eigenvalue weighted by atomic mass is 10.1. The summed E-state index contributed by atoms with van der Waals surface area (Å²) in [7, 11) is 0. The largest absolute Gasteiger partial charge is 0.378 e. The van der Waals surface area contributed by atoms with Crippen molar-refractivity contribution in [2.45, 2.75) is 58.2 Å². The van der Waals surface area contributed by atoms with Crippen LogP contribution in [0.15, 0.2) is 0 Å². The predicted molar refractivity (Wildman–Crippen MR) is 68.6 cm³/mol. The third kappa shape index (κ3) is 5.79. The maximum atomic E-state index is 5.64. The van der Waals surface area contributed by atoms with Gasteiger partial charge in [-0.3, -0.25) is 0 Å². The van der Waals surface area contributed by atoms with E-state index in [0.717, 1.165) is 6.61 Å². The van der Waals surface area contributed by atoms with E-state index in [1.807, 2.05) is 11.8 Å². The van der Waals surface area contributed by atoms with E-state index in [1.54, 1.807) is 0 Å². The molecule has 0 aromatic rings. The molecule has 0 aliphatic carbocycles. The van der Waals surface area contributed by atoms with E-state index < -0.39 is 0 Å².